The summed E-state index contributed by atoms with van der Waals surface area (Å²) in [6.45, 7) is 2.04. The minimum atomic E-state index is -3.92. The van der Waals surface area contributed by atoms with Crippen molar-refractivity contribution in [2.45, 2.75) is 13.3 Å². The Morgan fingerprint density at radius 2 is 1.91 bits per heavy atom. The highest BCUT2D eigenvalue weighted by atomic mass is 35.5. The molecule has 0 N–H and O–H groups in total. The standard InChI is InChI=1S/C14H15ClN4O2S/c1-4-10-5-7-11(8-6-10)13-14(15)19(12(9-16)17-13)22(20,21)18(2)3/h5-8H,4H2,1-3H3. The summed E-state index contributed by atoms with van der Waals surface area (Å²) < 4.78 is 26.3. The predicted octanol–water partition coefficient (Wildman–Crippen LogP) is 2.29. The number of hydrogen-bond donors (Lipinski definition) is 0. The zero-order valence-corrected chi connectivity index (χ0v) is 14.0. The van der Waals surface area contributed by atoms with Crippen LogP contribution in [0.5, 0.6) is 0 Å². The van der Waals surface area contributed by atoms with Gasteiger partial charge in [-0.15, -0.1) is 0 Å². The van der Waals surface area contributed by atoms with E-state index in [1.54, 1.807) is 18.2 Å². The molecule has 8 heteroatoms. The summed E-state index contributed by atoms with van der Waals surface area (Å²) in [7, 11) is -1.19. The van der Waals surface area contributed by atoms with Crippen molar-refractivity contribution < 1.29 is 8.42 Å². The van der Waals surface area contributed by atoms with Gasteiger partial charge in [-0.2, -0.15) is 22.0 Å². The van der Waals surface area contributed by atoms with Crippen molar-refractivity contribution in [1.82, 2.24) is 13.3 Å². The molecule has 2 rings (SSSR count). The second-order valence-electron chi connectivity index (χ2n) is 4.79. The number of aromatic nitrogens is 2. The third-order valence-electron chi connectivity index (χ3n) is 3.21. The number of hydrogen-bond acceptors (Lipinski definition) is 4. The van der Waals surface area contributed by atoms with Crippen LogP contribution in [0.25, 0.3) is 11.3 Å². The molecule has 0 radical (unpaired) electrons. The highest BCUT2D eigenvalue weighted by molar-refractivity contribution is 7.87. The van der Waals surface area contributed by atoms with Crippen LogP contribution in [0.3, 0.4) is 0 Å². The third kappa shape index (κ3) is 2.73. The summed E-state index contributed by atoms with van der Waals surface area (Å²) in [4.78, 5) is 4.07. The number of nitrogens with zero attached hydrogens (tertiary/aromatic N) is 4. The lowest BCUT2D eigenvalue weighted by Crippen LogP contribution is -2.29. The van der Waals surface area contributed by atoms with Crippen molar-refractivity contribution in [2.75, 3.05) is 14.1 Å². The molecule has 0 bridgehead atoms. The Bertz CT molecular complexity index is 833. The molecule has 0 aliphatic carbocycles. The maximum Gasteiger partial charge on any atom is 0.310 e. The highest BCUT2D eigenvalue weighted by Crippen LogP contribution is 2.30. The zero-order chi connectivity index (χ0) is 16.5. The monoisotopic (exact) mass is 338 g/mol. The number of halogens is 1. The normalized spacial score (nSPS) is 11.6. The van der Waals surface area contributed by atoms with Gasteiger partial charge in [-0.3, -0.25) is 0 Å². The van der Waals surface area contributed by atoms with E-state index in [-0.39, 0.29) is 16.7 Å². The molecule has 0 unspecified atom stereocenters. The van der Waals surface area contributed by atoms with Gasteiger partial charge in [0.15, 0.2) is 5.15 Å². The highest BCUT2D eigenvalue weighted by Gasteiger charge is 2.27. The van der Waals surface area contributed by atoms with Gasteiger partial charge in [0.05, 0.1) is 0 Å². The second-order valence-corrected chi connectivity index (χ2v) is 7.14. The molecule has 0 amide bonds. The minimum absolute atomic E-state index is 0.102. The van der Waals surface area contributed by atoms with E-state index in [0.29, 0.717) is 5.56 Å². The lowest BCUT2D eigenvalue weighted by molar-refractivity contribution is 0.510. The number of nitriles is 1. The van der Waals surface area contributed by atoms with E-state index in [9.17, 15) is 8.42 Å². The second kappa shape index (κ2) is 6.08. The van der Waals surface area contributed by atoms with E-state index >= 15 is 0 Å². The molecule has 0 spiro atoms. The number of benzene rings is 1. The maximum atomic E-state index is 12.3. The first-order valence-electron chi connectivity index (χ1n) is 6.53. The summed E-state index contributed by atoms with van der Waals surface area (Å²) in [6.07, 6.45) is 0.890. The van der Waals surface area contributed by atoms with E-state index in [0.717, 1.165) is 20.3 Å². The van der Waals surface area contributed by atoms with Gasteiger partial charge in [-0.1, -0.05) is 42.8 Å². The van der Waals surface area contributed by atoms with E-state index in [1.165, 1.54) is 14.1 Å². The molecule has 0 aliphatic heterocycles. The zero-order valence-electron chi connectivity index (χ0n) is 12.4. The maximum absolute atomic E-state index is 12.3. The van der Waals surface area contributed by atoms with Crippen LogP contribution >= 0.6 is 11.6 Å². The third-order valence-corrected chi connectivity index (χ3v) is 5.40. The molecule has 2 aromatic rings. The van der Waals surface area contributed by atoms with Crippen LogP contribution < -0.4 is 0 Å². The molecule has 116 valence electrons. The van der Waals surface area contributed by atoms with Crippen LogP contribution in [0.2, 0.25) is 5.15 Å². The fraction of sp³-hybridized carbons (Fsp3) is 0.286. The Hall–Kier alpha value is -1.88. The summed E-state index contributed by atoms with van der Waals surface area (Å²) in [5, 5.41) is 9.05. The Morgan fingerprint density at radius 3 is 2.36 bits per heavy atom. The van der Waals surface area contributed by atoms with E-state index in [2.05, 4.69) is 4.98 Å². The average Bonchev–Trinajstić information content (AvgIpc) is 2.84. The van der Waals surface area contributed by atoms with Crippen LogP contribution in [0, 0.1) is 11.3 Å². The summed E-state index contributed by atoms with van der Waals surface area (Å²) >= 11 is 6.19. The van der Waals surface area contributed by atoms with E-state index in [4.69, 9.17) is 16.9 Å². The molecule has 6 nitrogen and oxygen atoms in total. The van der Waals surface area contributed by atoms with Crippen molar-refractivity contribution in [2.24, 2.45) is 0 Å². The quantitative estimate of drug-likeness (QED) is 0.856. The van der Waals surface area contributed by atoms with Gasteiger partial charge in [0.1, 0.15) is 11.8 Å². The van der Waals surface area contributed by atoms with Gasteiger partial charge in [0.25, 0.3) is 0 Å². The van der Waals surface area contributed by atoms with Crippen molar-refractivity contribution in [3.8, 4) is 17.3 Å². The molecular formula is C14H15ClN4O2S. The number of rotatable bonds is 4. The summed E-state index contributed by atoms with van der Waals surface area (Å²) in [5.74, 6) is -0.270. The molecule has 1 aromatic heterocycles. The molecule has 0 saturated carbocycles. The fourth-order valence-corrected chi connectivity index (χ4v) is 3.32. The molecule has 1 heterocycles. The van der Waals surface area contributed by atoms with Gasteiger partial charge in [0.2, 0.25) is 5.82 Å². The summed E-state index contributed by atoms with van der Waals surface area (Å²) in [6, 6.07) is 9.21. The van der Waals surface area contributed by atoms with Crippen LogP contribution in [0.4, 0.5) is 0 Å². The van der Waals surface area contributed by atoms with Crippen molar-refractivity contribution in [3.63, 3.8) is 0 Å². The smallest absolute Gasteiger partial charge is 0.216 e. The van der Waals surface area contributed by atoms with Crippen molar-refractivity contribution in [1.29, 1.82) is 5.26 Å². The molecule has 0 saturated heterocycles. The summed E-state index contributed by atoms with van der Waals surface area (Å²) in [5.41, 5.74) is 2.07. The largest absolute Gasteiger partial charge is 0.310 e. The molecule has 0 aliphatic rings. The van der Waals surface area contributed by atoms with Crippen molar-refractivity contribution in [3.05, 3.63) is 40.8 Å². The SMILES string of the molecule is CCc1ccc(-c2nc(C#N)n(S(=O)(=O)N(C)C)c2Cl)cc1. The Balaban J connectivity index is 2.66. The Morgan fingerprint density at radius 1 is 1.32 bits per heavy atom. The molecule has 1 aromatic carbocycles. The van der Waals surface area contributed by atoms with E-state index in [1.807, 2.05) is 19.1 Å². The first kappa shape index (κ1) is 16.5. The van der Waals surface area contributed by atoms with Crippen LogP contribution in [0.15, 0.2) is 24.3 Å². The lowest BCUT2D eigenvalue weighted by atomic mass is 10.1. The minimum Gasteiger partial charge on any atom is -0.216 e. The molecule has 22 heavy (non-hydrogen) atoms. The van der Waals surface area contributed by atoms with Gasteiger partial charge in [0, 0.05) is 19.7 Å². The Kier molecular flexibility index (Phi) is 4.56. The van der Waals surface area contributed by atoms with Gasteiger partial charge in [-0.05, 0) is 12.0 Å². The molecule has 0 fully saturated rings. The Labute approximate surface area is 134 Å². The molecular weight excluding hydrogens is 324 g/mol. The van der Waals surface area contributed by atoms with Crippen LogP contribution in [0.1, 0.15) is 18.3 Å². The molecule has 0 atom stereocenters. The number of aryl methyl sites for hydroxylation is 1. The topological polar surface area (TPSA) is 79.0 Å². The average molecular weight is 339 g/mol. The van der Waals surface area contributed by atoms with Gasteiger partial charge >= 0.3 is 10.2 Å². The van der Waals surface area contributed by atoms with Gasteiger partial charge in [-0.25, -0.2) is 4.98 Å². The van der Waals surface area contributed by atoms with Crippen LogP contribution in [-0.4, -0.2) is 35.8 Å². The lowest BCUT2D eigenvalue weighted by Gasteiger charge is -2.13. The van der Waals surface area contributed by atoms with Crippen LogP contribution in [-0.2, 0) is 16.6 Å². The predicted molar refractivity (Wildman–Crippen MR) is 84.8 cm³/mol. The van der Waals surface area contributed by atoms with Crippen molar-refractivity contribution >= 4 is 21.8 Å². The first-order valence-corrected chi connectivity index (χ1v) is 8.31. The fourth-order valence-electron chi connectivity index (χ4n) is 1.91. The number of imidazole rings is 1. The van der Waals surface area contributed by atoms with Gasteiger partial charge < -0.3 is 0 Å². The van der Waals surface area contributed by atoms with E-state index < -0.39 is 10.2 Å². The first-order chi connectivity index (χ1) is 10.3.